The number of nitrogens with one attached hydrogen (secondary N) is 1. The molecule has 1 N–H and O–H groups in total. The normalized spacial score (nSPS) is 17.4. The summed E-state index contributed by atoms with van der Waals surface area (Å²) in [5, 5.41) is 8.32. The second-order valence-corrected chi connectivity index (χ2v) is 10.5. The maximum Gasteiger partial charge on any atom is 0.234 e. The average Bonchev–Trinajstić information content (AvgIpc) is 3.51. The zero-order valence-electron chi connectivity index (χ0n) is 19.1. The van der Waals surface area contributed by atoms with E-state index in [1.807, 2.05) is 60.7 Å². The van der Waals surface area contributed by atoms with E-state index < -0.39 is 0 Å². The molecule has 0 radical (unpaired) electrons. The van der Waals surface area contributed by atoms with Crippen molar-refractivity contribution in [2.75, 3.05) is 38.5 Å². The van der Waals surface area contributed by atoms with Crippen LogP contribution in [0.3, 0.4) is 0 Å². The van der Waals surface area contributed by atoms with Crippen molar-refractivity contribution in [1.29, 1.82) is 0 Å². The number of amides is 2. The van der Waals surface area contributed by atoms with Crippen molar-refractivity contribution in [2.24, 2.45) is 0 Å². The van der Waals surface area contributed by atoms with Crippen molar-refractivity contribution >= 4 is 23.6 Å². The molecule has 8 nitrogen and oxygen atoms in total. The van der Waals surface area contributed by atoms with Crippen LogP contribution < -0.4 is 5.32 Å². The molecule has 0 spiro atoms. The summed E-state index contributed by atoms with van der Waals surface area (Å²) in [4.78, 5) is 33.6. The number of hydrogen-bond acceptors (Lipinski definition) is 6. The Balaban J connectivity index is 1.27. The van der Waals surface area contributed by atoms with E-state index in [0.717, 1.165) is 24.4 Å². The molecule has 1 aliphatic heterocycles. The van der Waals surface area contributed by atoms with Gasteiger partial charge in [-0.3, -0.25) is 14.5 Å². The Morgan fingerprint density at radius 3 is 2.41 bits per heavy atom. The predicted octanol–water partition coefficient (Wildman–Crippen LogP) is 2.30. The number of piperazine rings is 1. The Hall–Kier alpha value is -2.39. The standard InChI is InChI=1S/C23H32N6O2S/c1-23(2,3)25-19(30)15-27-11-13-28(14-12-27)20(31)16-32-22-24-21(17-9-10-17)29(26-22)18-7-5-4-6-8-18/h4-8,17H,9-16H2,1-3H3,(H,25,30). The van der Waals surface area contributed by atoms with Crippen LogP contribution in [0.2, 0.25) is 0 Å². The molecular formula is C23H32N6O2S. The van der Waals surface area contributed by atoms with Gasteiger partial charge in [0, 0.05) is 37.6 Å². The first-order chi connectivity index (χ1) is 15.3. The Kier molecular flexibility index (Phi) is 6.85. The van der Waals surface area contributed by atoms with Gasteiger partial charge in [-0.25, -0.2) is 9.67 Å². The van der Waals surface area contributed by atoms with Gasteiger partial charge in [0.2, 0.25) is 17.0 Å². The molecule has 1 saturated heterocycles. The first-order valence-corrected chi connectivity index (χ1v) is 12.2. The number of carbonyl (C=O) groups is 2. The average molecular weight is 457 g/mol. The van der Waals surface area contributed by atoms with E-state index in [1.54, 1.807) is 0 Å². The van der Waals surface area contributed by atoms with E-state index in [1.165, 1.54) is 11.8 Å². The highest BCUT2D eigenvalue weighted by Gasteiger charge is 2.31. The molecule has 1 aliphatic carbocycles. The van der Waals surface area contributed by atoms with Gasteiger partial charge in [-0.05, 0) is 45.7 Å². The highest BCUT2D eigenvalue weighted by atomic mass is 32.2. The number of rotatable bonds is 7. The molecule has 2 aliphatic rings. The lowest BCUT2D eigenvalue weighted by molar-refractivity contribution is -0.130. The number of thioether (sulfide) groups is 1. The van der Waals surface area contributed by atoms with Crippen LogP contribution >= 0.6 is 11.8 Å². The maximum atomic E-state index is 12.7. The van der Waals surface area contributed by atoms with Crippen LogP contribution in [0.1, 0.15) is 45.4 Å². The minimum atomic E-state index is -0.229. The number of hydrogen-bond donors (Lipinski definition) is 1. The molecule has 2 aromatic rings. The van der Waals surface area contributed by atoms with Crippen molar-refractivity contribution in [1.82, 2.24) is 29.9 Å². The maximum absolute atomic E-state index is 12.7. The molecule has 1 saturated carbocycles. The van der Waals surface area contributed by atoms with Gasteiger partial charge in [0.15, 0.2) is 0 Å². The lowest BCUT2D eigenvalue weighted by Crippen LogP contribution is -2.53. The second-order valence-electron chi connectivity index (χ2n) is 9.52. The van der Waals surface area contributed by atoms with Crippen LogP contribution in [0.25, 0.3) is 5.69 Å². The summed E-state index contributed by atoms with van der Waals surface area (Å²) in [5.74, 6) is 1.91. The molecule has 2 fully saturated rings. The van der Waals surface area contributed by atoms with Gasteiger partial charge >= 0.3 is 0 Å². The van der Waals surface area contributed by atoms with Gasteiger partial charge < -0.3 is 10.2 Å². The molecule has 2 heterocycles. The molecule has 32 heavy (non-hydrogen) atoms. The fourth-order valence-electron chi connectivity index (χ4n) is 3.76. The minimum Gasteiger partial charge on any atom is -0.350 e. The number of nitrogens with zero attached hydrogens (tertiary/aromatic N) is 5. The quantitative estimate of drug-likeness (QED) is 0.644. The SMILES string of the molecule is CC(C)(C)NC(=O)CN1CCN(C(=O)CSc2nc(C3CC3)n(-c3ccccc3)n2)CC1. The van der Waals surface area contributed by atoms with Crippen molar-refractivity contribution in [3.63, 3.8) is 0 Å². The van der Waals surface area contributed by atoms with Crippen LogP contribution in [-0.2, 0) is 9.59 Å². The molecule has 9 heteroatoms. The highest BCUT2D eigenvalue weighted by Crippen LogP contribution is 2.40. The minimum absolute atomic E-state index is 0.0272. The van der Waals surface area contributed by atoms with Gasteiger partial charge in [0.05, 0.1) is 18.0 Å². The molecule has 0 atom stereocenters. The first kappa shape index (κ1) is 22.8. The van der Waals surface area contributed by atoms with E-state index >= 15 is 0 Å². The summed E-state index contributed by atoms with van der Waals surface area (Å²) < 4.78 is 1.92. The van der Waals surface area contributed by atoms with Gasteiger partial charge in [-0.2, -0.15) is 0 Å². The Morgan fingerprint density at radius 1 is 1.09 bits per heavy atom. The third-order valence-electron chi connectivity index (χ3n) is 5.49. The molecule has 4 rings (SSSR count). The molecule has 172 valence electrons. The first-order valence-electron chi connectivity index (χ1n) is 11.2. The molecule has 0 bridgehead atoms. The zero-order chi connectivity index (χ0) is 22.7. The second kappa shape index (κ2) is 9.62. The zero-order valence-corrected chi connectivity index (χ0v) is 19.9. The summed E-state index contributed by atoms with van der Waals surface area (Å²) in [6, 6.07) is 10.0. The summed E-state index contributed by atoms with van der Waals surface area (Å²) in [7, 11) is 0. The van der Waals surface area contributed by atoms with Gasteiger partial charge in [-0.15, -0.1) is 5.10 Å². The van der Waals surface area contributed by atoms with Crippen LogP contribution in [-0.4, -0.2) is 80.4 Å². The fraction of sp³-hybridized carbons (Fsp3) is 0.565. The predicted molar refractivity (Wildman–Crippen MR) is 125 cm³/mol. The third-order valence-corrected chi connectivity index (χ3v) is 6.31. The third kappa shape index (κ3) is 6.10. The van der Waals surface area contributed by atoms with Crippen molar-refractivity contribution in [2.45, 2.75) is 50.2 Å². The van der Waals surface area contributed by atoms with E-state index in [0.29, 0.717) is 49.6 Å². The lowest BCUT2D eigenvalue weighted by Gasteiger charge is -2.34. The topological polar surface area (TPSA) is 83.4 Å². The monoisotopic (exact) mass is 456 g/mol. The summed E-state index contributed by atoms with van der Waals surface area (Å²) in [5.41, 5.74) is 0.777. The molecule has 0 unspecified atom stereocenters. The van der Waals surface area contributed by atoms with E-state index in [4.69, 9.17) is 4.98 Å². The largest absolute Gasteiger partial charge is 0.350 e. The highest BCUT2D eigenvalue weighted by molar-refractivity contribution is 7.99. The number of aromatic nitrogens is 3. The van der Waals surface area contributed by atoms with Crippen LogP contribution in [0, 0.1) is 0 Å². The van der Waals surface area contributed by atoms with E-state index in [2.05, 4.69) is 15.3 Å². The van der Waals surface area contributed by atoms with Crippen molar-refractivity contribution < 1.29 is 9.59 Å². The van der Waals surface area contributed by atoms with E-state index in [-0.39, 0.29) is 17.4 Å². The van der Waals surface area contributed by atoms with Gasteiger partial charge in [0.25, 0.3) is 0 Å². The fourth-order valence-corrected chi connectivity index (χ4v) is 4.50. The Bertz CT molecular complexity index is 943. The van der Waals surface area contributed by atoms with Crippen LogP contribution in [0.5, 0.6) is 0 Å². The molecule has 1 aromatic carbocycles. The Morgan fingerprint density at radius 2 is 1.78 bits per heavy atom. The van der Waals surface area contributed by atoms with Crippen LogP contribution in [0.15, 0.2) is 35.5 Å². The molecular weight excluding hydrogens is 424 g/mol. The molecule has 1 aromatic heterocycles. The lowest BCUT2D eigenvalue weighted by atomic mass is 10.1. The smallest absolute Gasteiger partial charge is 0.234 e. The van der Waals surface area contributed by atoms with E-state index in [9.17, 15) is 9.59 Å². The van der Waals surface area contributed by atoms with Gasteiger partial charge in [0.1, 0.15) is 5.82 Å². The van der Waals surface area contributed by atoms with Crippen molar-refractivity contribution in [3.05, 3.63) is 36.2 Å². The number of para-hydroxylation sites is 1. The number of benzene rings is 1. The number of carbonyl (C=O) groups excluding carboxylic acids is 2. The summed E-state index contributed by atoms with van der Waals surface area (Å²) in [6.07, 6.45) is 2.29. The summed E-state index contributed by atoms with van der Waals surface area (Å²) in [6.45, 7) is 9.00. The van der Waals surface area contributed by atoms with Crippen molar-refractivity contribution in [3.8, 4) is 5.69 Å². The van der Waals surface area contributed by atoms with Crippen LogP contribution in [0.4, 0.5) is 0 Å². The summed E-state index contributed by atoms with van der Waals surface area (Å²) >= 11 is 1.40. The molecule has 2 amide bonds. The Labute approximate surface area is 193 Å². The van der Waals surface area contributed by atoms with Gasteiger partial charge in [-0.1, -0.05) is 30.0 Å².